The highest BCUT2D eigenvalue weighted by Crippen LogP contribution is 2.41. The molecule has 0 saturated heterocycles. The third-order valence-electron chi connectivity index (χ3n) is 4.33. The van der Waals surface area contributed by atoms with Gasteiger partial charge in [0.1, 0.15) is 5.75 Å². The molecular weight excluding hydrogens is 356 g/mol. The van der Waals surface area contributed by atoms with Crippen LogP contribution in [0.1, 0.15) is 44.7 Å². The van der Waals surface area contributed by atoms with Gasteiger partial charge in [-0.25, -0.2) is 4.79 Å². The summed E-state index contributed by atoms with van der Waals surface area (Å²) >= 11 is 0. The van der Waals surface area contributed by atoms with Gasteiger partial charge in [-0.05, 0) is 47.9 Å². The van der Waals surface area contributed by atoms with E-state index in [1.165, 1.54) is 7.11 Å². The zero-order valence-electron chi connectivity index (χ0n) is 16.8. The number of rotatable bonds is 7. The molecule has 28 heavy (non-hydrogen) atoms. The summed E-state index contributed by atoms with van der Waals surface area (Å²) in [6, 6.07) is 13.1. The molecule has 0 aromatic heterocycles. The molecule has 5 heteroatoms. The second kappa shape index (κ2) is 8.38. The number of esters is 1. The summed E-state index contributed by atoms with van der Waals surface area (Å²) in [4.78, 5) is 12.4. The lowest BCUT2D eigenvalue weighted by Gasteiger charge is -2.16. The molecule has 5 nitrogen and oxygen atoms in total. The van der Waals surface area contributed by atoms with Gasteiger partial charge in [0, 0.05) is 13.8 Å². The zero-order chi connectivity index (χ0) is 20.1. The monoisotopic (exact) mass is 382 g/mol. The average molecular weight is 382 g/mol. The largest absolute Gasteiger partial charge is 0.494 e. The van der Waals surface area contributed by atoms with Crippen molar-refractivity contribution in [1.82, 2.24) is 0 Å². The van der Waals surface area contributed by atoms with Gasteiger partial charge in [0.05, 0.1) is 19.3 Å². The molecule has 1 heterocycles. The molecule has 0 spiro atoms. The number of fused-ring (bicyclic) bond motifs is 1. The first kappa shape index (κ1) is 19.8. The molecule has 3 rings (SSSR count). The maximum absolute atomic E-state index is 12.4. The molecule has 0 radical (unpaired) electrons. The first-order chi connectivity index (χ1) is 13.4. The van der Waals surface area contributed by atoms with Crippen molar-refractivity contribution in [3.63, 3.8) is 0 Å². The van der Waals surface area contributed by atoms with E-state index in [2.05, 4.69) is 6.92 Å². The van der Waals surface area contributed by atoms with Crippen LogP contribution in [0.25, 0.3) is 11.6 Å². The second-order valence-corrected chi connectivity index (χ2v) is 7.09. The average Bonchev–Trinajstić information content (AvgIpc) is 2.99. The van der Waals surface area contributed by atoms with Crippen LogP contribution in [0, 0.1) is 0 Å². The van der Waals surface area contributed by atoms with E-state index >= 15 is 0 Å². The van der Waals surface area contributed by atoms with Crippen molar-refractivity contribution in [3.05, 3.63) is 53.6 Å². The smallest absolute Gasteiger partial charge is 0.338 e. The van der Waals surface area contributed by atoms with Gasteiger partial charge in [-0.1, -0.05) is 31.5 Å². The quantitative estimate of drug-likeness (QED) is 0.289. The molecule has 0 fully saturated rings. The molecular formula is C23H26O5. The van der Waals surface area contributed by atoms with Crippen LogP contribution in [0.4, 0.5) is 0 Å². The lowest BCUT2D eigenvalue weighted by molar-refractivity contribution is -0.133. The van der Waals surface area contributed by atoms with Gasteiger partial charge in [0.2, 0.25) is 5.79 Å². The highest BCUT2D eigenvalue weighted by atomic mass is 16.7. The van der Waals surface area contributed by atoms with Crippen LogP contribution in [0.5, 0.6) is 17.2 Å². The van der Waals surface area contributed by atoms with Crippen molar-refractivity contribution < 1.29 is 23.7 Å². The fourth-order valence-corrected chi connectivity index (χ4v) is 2.92. The van der Waals surface area contributed by atoms with Crippen LogP contribution in [0.2, 0.25) is 0 Å². The molecule has 2 aromatic rings. The van der Waals surface area contributed by atoms with Crippen molar-refractivity contribution in [2.45, 2.75) is 39.4 Å². The number of methoxy groups -OCH3 is 1. The summed E-state index contributed by atoms with van der Waals surface area (Å²) < 4.78 is 22.2. The van der Waals surface area contributed by atoms with Crippen molar-refractivity contribution in [2.75, 3.05) is 13.7 Å². The maximum atomic E-state index is 12.4. The number of benzene rings is 2. The summed E-state index contributed by atoms with van der Waals surface area (Å²) in [7, 11) is 1.37. The summed E-state index contributed by atoms with van der Waals surface area (Å²) in [5.41, 5.74) is 2.02. The van der Waals surface area contributed by atoms with E-state index in [4.69, 9.17) is 18.9 Å². The minimum Gasteiger partial charge on any atom is -0.494 e. The lowest BCUT2D eigenvalue weighted by Crippen LogP contribution is -2.29. The topological polar surface area (TPSA) is 54.0 Å². The third kappa shape index (κ3) is 4.66. The molecule has 0 aliphatic carbocycles. The fourth-order valence-electron chi connectivity index (χ4n) is 2.92. The van der Waals surface area contributed by atoms with E-state index < -0.39 is 11.8 Å². The Hall–Kier alpha value is -2.95. The molecule has 1 aliphatic rings. The number of unbranched alkanes of at least 4 members (excludes halogenated alkanes) is 1. The van der Waals surface area contributed by atoms with Gasteiger partial charge in [0.15, 0.2) is 11.5 Å². The molecule has 0 unspecified atom stereocenters. The standard InChI is InChI=1S/C23H26O5/c1-5-6-13-26-18-10-7-16(8-11-18)14-19(22(24)25-4)17-9-12-20-21(15-17)28-23(2,3)27-20/h7-12,14-15H,5-6,13H2,1-4H3/b19-14+. The van der Waals surface area contributed by atoms with Gasteiger partial charge in [0.25, 0.3) is 0 Å². The molecule has 148 valence electrons. The zero-order valence-corrected chi connectivity index (χ0v) is 16.8. The number of carbonyl (C=O) groups is 1. The van der Waals surface area contributed by atoms with E-state index in [0.717, 1.165) is 24.2 Å². The normalized spacial score (nSPS) is 14.6. The van der Waals surface area contributed by atoms with E-state index in [9.17, 15) is 4.79 Å². The molecule has 0 saturated carbocycles. The maximum Gasteiger partial charge on any atom is 0.338 e. The predicted octanol–water partition coefficient (Wildman–Crippen LogP) is 5.09. The summed E-state index contributed by atoms with van der Waals surface area (Å²) in [6.45, 7) is 6.51. The minimum absolute atomic E-state index is 0.415. The van der Waals surface area contributed by atoms with Crippen LogP contribution < -0.4 is 14.2 Å². The Morgan fingerprint density at radius 3 is 2.46 bits per heavy atom. The highest BCUT2D eigenvalue weighted by Gasteiger charge is 2.32. The first-order valence-electron chi connectivity index (χ1n) is 9.47. The van der Waals surface area contributed by atoms with Crippen LogP contribution in [0.15, 0.2) is 42.5 Å². The van der Waals surface area contributed by atoms with E-state index in [1.54, 1.807) is 18.2 Å². The molecule has 0 bridgehead atoms. The lowest BCUT2D eigenvalue weighted by atomic mass is 10.0. The minimum atomic E-state index is -0.719. The van der Waals surface area contributed by atoms with E-state index in [0.29, 0.717) is 29.2 Å². The van der Waals surface area contributed by atoms with Crippen LogP contribution in [0.3, 0.4) is 0 Å². The van der Waals surface area contributed by atoms with Crippen LogP contribution in [-0.4, -0.2) is 25.5 Å². The fraction of sp³-hybridized carbons (Fsp3) is 0.348. The Bertz CT molecular complexity index is 865. The van der Waals surface area contributed by atoms with Crippen molar-refractivity contribution in [1.29, 1.82) is 0 Å². The number of ether oxygens (including phenoxy) is 4. The number of hydrogen-bond acceptors (Lipinski definition) is 5. The van der Waals surface area contributed by atoms with Crippen molar-refractivity contribution >= 4 is 17.6 Å². The summed E-state index contributed by atoms with van der Waals surface area (Å²) in [5.74, 6) is 0.949. The van der Waals surface area contributed by atoms with Gasteiger partial charge in [-0.3, -0.25) is 0 Å². The van der Waals surface area contributed by atoms with Gasteiger partial charge < -0.3 is 18.9 Å². The molecule has 0 atom stereocenters. The molecule has 2 aromatic carbocycles. The molecule has 0 N–H and O–H groups in total. The Morgan fingerprint density at radius 2 is 1.79 bits per heavy atom. The van der Waals surface area contributed by atoms with Crippen molar-refractivity contribution in [3.8, 4) is 17.2 Å². The Morgan fingerprint density at radius 1 is 1.07 bits per heavy atom. The number of hydrogen-bond donors (Lipinski definition) is 0. The Kier molecular flexibility index (Phi) is 5.93. The molecule has 0 amide bonds. The SMILES string of the molecule is CCCCOc1ccc(/C=C(/C(=O)OC)c2ccc3c(c2)OC(C)(C)O3)cc1. The van der Waals surface area contributed by atoms with Gasteiger partial charge in [-0.15, -0.1) is 0 Å². The predicted molar refractivity (Wildman–Crippen MR) is 109 cm³/mol. The highest BCUT2D eigenvalue weighted by molar-refractivity contribution is 6.21. The van der Waals surface area contributed by atoms with E-state index in [-0.39, 0.29) is 0 Å². The first-order valence-corrected chi connectivity index (χ1v) is 9.47. The Balaban J connectivity index is 1.86. The summed E-state index contributed by atoms with van der Waals surface area (Å²) in [5, 5.41) is 0. The Labute approximate surface area is 165 Å². The second-order valence-electron chi connectivity index (χ2n) is 7.09. The van der Waals surface area contributed by atoms with Crippen molar-refractivity contribution in [2.24, 2.45) is 0 Å². The summed E-state index contributed by atoms with van der Waals surface area (Å²) in [6.07, 6.45) is 3.91. The van der Waals surface area contributed by atoms with Crippen LogP contribution in [-0.2, 0) is 9.53 Å². The molecule has 1 aliphatic heterocycles. The third-order valence-corrected chi connectivity index (χ3v) is 4.33. The number of carbonyl (C=O) groups excluding carboxylic acids is 1. The van der Waals surface area contributed by atoms with Gasteiger partial charge >= 0.3 is 5.97 Å². The van der Waals surface area contributed by atoms with E-state index in [1.807, 2.05) is 44.2 Å². The van der Waals surface area contributed by atoms with Crippen LogP contribution >= 0.6 is 0 Å². The van der Waals surface area contributed by atoms with Gasteiger partial charge in [-0.2, -0.15) is 0 Å².